The van der Waals surface area contributed by atoms with Gasteiger partial charge in [0.15, 0.2) is 6.61 Å². The summed E-state index contributed by atoms with van der Waals surface area (Å²) in [5.74, 6) is -5.68. The zero-order valence-corrected chi connectivity index (χ0v) is 24.0. The van der Waals surface area contributed by atoms with E-state index in [1.165, 1.54) is 18.2 Å². The molecule has 0 unspecified atom stereocenters. The number of hydrogen-bond acceptors (Lipinski definition) is 7. The Morgan fingerprint density at radius 2 is 1.36 bits per heavy atom. The molecule has 0 spiro atoms. The Kier molecular flexibility index (Phi) is 6.51. The molecule has 4 aliphatic rings. The number of benzene rings is 3. The molecule has 0 aromatic heterocycles. The highest BCUT2D eigenvalue weighted by atomic mass is 35.5. The summed E-state index contributed by atoms with van der Waals surface area (Å²) in [6.45, 7) is 2.58. The summed E-state index contributed by atoms with van der Waals surface area (Å²) in [5.41, 5.74) is 2.24. The number of imide groups is 1. The third-order valence-electron chi connectivity index (χ3n) is 8.50. The van der Waals surface area contributed by atoms with Crippen molar-refractivity contribution in [1.82, 2.24) is 4.90 Å². The standard InChI is InChI=1S/C31H24Cl2N2O7/c1-16(2)26(29(39)42-15-23(36)17-8-7-9-18(14-17)35(40)41)34-27(37)24-25(28(34)38)31(33)20-11-4-3-10-19(20)30(24,32)21-12-5-6-13-22(21)31/h3-14,16,24-26H,15H2,1-2H3/t24-,25-,26-,30?,31?/m0/s1. The van der Waals surface area contributed by atoms with E-state index in [4.69, 9.17) is 27.9 Å². The molecule has 1 saturated heterocycles. The maximum atomic E-state index is 14.2. The highest BCUT2D eigenvalue weighted by Gasteiger charge is 2.74. The average molecular weight is 607 g/mol. The number of halogens is 2. The zero-order chi connectivity index (χ0) is 30.1. The Bertz CT molecular complexity index is 1580. The van der Waals surface area contributed by atoms with E-state index in [-0.39, 0.29) is 11.3 Å². The van der Waals surface area contributed by atoms with Crippen molar-refractivity contribution in [2.24, 2.45) is 17.8 Å². The monoisotopic (exact) mass is 606 g/mol. The fourth-order valence-corrected chi connectivity index (χ4v) is 7.83. The second-order valence-corrected chi connectivity index (χ2v) is 12.2. The number of alkyl halides is 2. The molecule has 3 aliphatic carbocycles. The lowest BCUT2D eigenvalue weighted by Gasteiger charge is -2.54. The highest BCUT2D eigenvalue weighted by molar-refractivity contribution is 6.36. The van der Waals surface area contributed by atoms with Crippen LogP contribution in [0.5, 0.6) is 0 Å². The van der Waals surface area contributed by atoms with Crippen molar-refractivity contribution in [2.45, 2.75) is 29.6 Å². The van der Waals surface area contributed by atoms with Gasteiger partial charge in [-0.15, -0.1) is 23.2 Å². The van der Waals surface area contributed by atoms with Crippen molar-refractivity contribution in [2.75, 3.05) is 6.61 Å². The SMILES string of the molecule is CC(C)[C@@H](C(=O)OCC(=O)c1cccc([N+](=O)[O-])c1)N1C(=O)[C@@H]2[C@@H](C1=O)C1(Cl)c3ccccc3C2(Cl)c2ccccc21. The van der Waals surface area contributed by atoms with E-state index < -0.39 is 68.6 Å². The van der Waals surface area contributed by atoms with Crippen LogP contribution in [0, 0.1) is 27.9 Å². The molecule has 2 amide bonds. The molecule has 7 rings (SSSR count). The molecular formula is C31H24Cl2N2O7. The first-order valence-corrected chi connectivity index (χ1v) is 14.1. The zero-order valence-electron chi connectivity index (χ0n) is 22.5. The van der Waals surface area contributed by atoms with Crippen LogP contribution in [0.15, 0.2) is 72.8 Å². The van der Waals surface area contributed by atoms with Crippen LogP contribution in [0.25, 0.3) is 0 Å². The number of ketones is 1. The van der Waals surface area contributed by atoms with Gasteiger partial charge in [-0.05, 0) is 28.2 Å². The quantitative estimate of drug-likeness (QED) is 0.0931. The Morgan fingerprint density at radius 3 is 1.79 bits per heavy atom. The van der Waals surface area contributed by atoms with Gasteiger partial charge in [0.25, 0.3) is 5.69 Å². The van der Waals surface area contributed by atoms with Gasteiger partial charge in [-0.3, -0.25) is 29.4 Å². The molecule has 3 aromatic carbocycles. The van der Waals surface area contributed by atoms with Crippen LogP contribution < -0.4 is 0 Å². The Morgan fingerprint density at radius 1 is 0.881 bits per heavy atom. The number of Topliss-reactive ketones (excluding diaryl/α,β-unsaturated/α-hetero) is 1. The number of nitro groups is 1. The molecule has 11 heteroatoms. The fraction of sp³-hybridized carbons (Fsp3) is 0.290. The van der Waals surface area contributed by atoms with Crippen molar-refractivity contribution in [1.29, 1.82) is 0 Å². The molecule has 9 nitrogen and oxygen atoms in total. The maximum Gasteiger partial charge on any atom is 0.330 e. The van der Waals surface area contributed by atoms with Crippen LogP contribution in [0.4, 0.5) is 5.69 Å². The van der Waals surface area contributed by atoms with Gasteiger partial charge in [-0.25, -0.2) is 4.79 Å². The summed E-state index contributed by atoms with van der Waals surface area (Å²) in [5, 5.41) is 11.1. The van der Waals surface area contributed by atoms with Gasteiger partial charge in [-0.1, -0.05) is 74.5 Å². The number of hydrogen-bond donors (Lipinski definition) is 0. The Labute approximate surface area is 250 Å². The first-order chi connectivity index (χ1) is 19.9. The van der Waals surface area contributed by atoms with Crippen LogP contribution in [0.3, 0.4) is 0 Å². The minimum absolute atomic E-state index is 0.0160. The van der Waals surface area contributed by atoms with Crippen molar-refractivity contribution in [3.8, 4) is 0 Å². The molecule has 2 bridgehead atoms. The van der Waals surface area contributed by atoms with E-state index in [1.54, 1.807) is 62.4 Å². The number of esters is 1. The van der Waals surface area contributed by atoms with Crippen LogP contribution in [-0.2, 0) is 28.9 Å². The largest absolute Gasteiger partial charge is 0.456 e. The molecule has 0 saturated carbocycles. The predicted molar refractivity (Wildman–Crippen MR) is 152 cm³/mol. The molecule has 1 heterocycles. The van der Waals surface area contributed by atoms with Crippen LogP contribution in [-0.4, -0.2) is 46.0 Å². The number of rotatable bonds is 7. The lowest BCUT2D eigenvalue weighted by atomic mass is 9.54. The minimum atomic E-state index is -1.40. The molecule has 0 radical (unpaired) electrons. The summed E-state index contributed by atoms with van der Waals surface area (Å²) in [4.78, 5) is 63.2. The van der Waals surface area contributed by atoms with Crippen molar-refractivity contribution < 1.29 is 28.8 Å². The van der Waals surface area contributed by atoms with E-state index in [1.807, 2.05) is 0 Å². The molecule has 1 aliphatic heterocycles. The highest BCUT2D eigenvalue weighted by Crippen LogP contribution is 2.69. The number of likely N-dealkylation sites (tertiary alicyclic amines) is 1. The third kappa shape index (κ3) is 3.69. The lowest BCUT2D eigenvalue weighted by molar-refractivity contribution is -0.384. The Balaban J connectivity index is 1.35. The van der Waals surface area contributed by atoms with Crippen molar-refractivity contribution >= 4 is 52.5 Å². The molecule has 0 N–H and O–H groups in total. The van der Waals surface area contributed by atoms with E-state index in [0.29, 0.717) is 22.3 Å². The lowest BCUT2D eigenvalue weighted by Crippen LogP contribution is -2.57. The third-order valence-corrected chi connectivity index (χ3v) is 9.78. The van der Waals surface area contributed by atoms with E-state index >= 15 is 0 Å². The number of amides is 2. The van der Waals surface area contributed by atoms with Crippen LogP contribution in [0.2, 0.25) is 0 Å². The van der Waals surface area contributed by atoms with E-state index in [2.05, 4.69) is 0 Å². The van der Waals surface area contributed by atoms with Gasteiger partial charge in [-0.2, -0.15) is 0 Å². The summed E-state index contributed by atoms with van der Waals surface area (Å²) in [7, 11) is 0. The number of nitrogens with zero attached hydrogens (tertiary/aromatic N) is 2. The van der Waals surface area contributed by atoms with Gasteiger partial charge in [0.1, 0.15) is 15.8 Å². The van der Waals surface area contributed by atoms with E-state index in [9.17, 15) is 29.3 Å². The molecule has 214 valence electrons. The Hall–Kier alpha value is -4.08. The summed E-state index contributed by atoms with van der Waals surface area (Å²) < 4.78 is 5.32. The number of carbonyl (C=O) groups is 4. The number of non-ortho nitro benzene ring substituents is 1. The molecular weight excluding hydrogens is 583 g/mol. The van der Waals surface area contributed by atoms with Gasteiger partial charge < -0.3 is 4.74 Å². The summed E-state index contributed by atoms with van der Waals surface area (Å²) in [6.07, 6.45) is 0. The van der Waals surface area contributed by atoms with Gasteiger partial charge in [0.2, 0.25) is 17.6 Å². The normalized spacial score (nSPS) is 26.0. The minimum Gasteiger partial charge on any atom is -0.456 e. The second kappa shape index (κ2) is 9.74. The van der Waals surface area contributed by atoms with Gasteiger partial charge in [0.05, 0.1) is 16.8 Å². The summed E-state index contributed by atoms with van der Waals surface area (Å²) in [6, 6.07) is 18.1. The van der Waals surface area contributed by atoms with Crippen molar-refractivity contribution in [3.05, 3.63) is 111 Å². The van der Waals surface area contributed by atoms with Gasteiger partial charge in [0, 0.05) is 17.7 Å². The first-order valence-electron chi connectivity index (χ1n) is 13.3. The van der Waals surface area contributed by atoms with Gasteiger partial charge >= 0.3 is 5.97 Å². The average Bonchev–Trinajstić information content (AvgIpc) is 3.25. The number of ether oxygens (including phenoxy) is 1. The number of carbonyl (C=O) groups excluding carboxylic acids is 4. The maximum absolute atomic E-state index is 14.2. The van der Waals surface area contributed by atoms with Crippen LogP contribution >= 0.6 is 23.2 Å². The first kappa shape index (κ1) is 28.1. The molecule has 1 fully saturated rings. The second-order valence-electron chi connectivity index (χ2n) is 11.0. The molecule has 42 heavy (non-hydrogen) atoms. The molecule has 3 aromatic rings. The topological polar surface area (TPSA) is 124 Å². The predicted octanol–water partition coefficient (Wildman–Crippen LogP) is 4.94. The van der Waals surface area contributed by atoms with Crippen LogP contribution in [0.1, 0.15) is 46.5 Å². The fourth-order valence-electron chi connectivity index (χ4n) is 6.74. The van der Waals surface area contributed by atoms with Crippen molar-refractivity contribution in [3.63, 3.8) is 0 Å². The summed E-state index contributed by atoms with van der Waals surface area (Å²) >= 11 is 14.9. The molecule has 3 atom stereocenters. The van der Waals surface area contributed by atoms with E-state index in [0.717, 1.165) is 11.0 Å². The number of nitro benzene ring substituents is 1. The smallest absolute Gasteiger partial charge is 0.330 e.